The highest BCUT2D eigenvalue weighted by molar-refractivity contribution is 7.85. The summed E-state index contributed by atoms with van der Waals surface area (Å²) in [5, 5.41) is 9.59. The smallest absolute Gasteiger partial charge is 0.338 e. The molecule has 2 N–H and O–H groups in total. The second-order valence-electron chi connectivity index (χ2n) is 5.19. The van der Waals surface area contributed by atoms with Gasteiger partial charge in [-0.05, 0) is 18.2 Å². The zero-order valence-corrected chi connectivity index (χ0v) is 13.4. The maximum absolute atomic E-state index is 11.7. The van der Waals surface area contributed by atoms with Gasteiger partial charge in [-0.25, -0.2) is 9.78 Å². The number of carboxylic acids is 1. The van der Waals surface area contributed by atoms with Crippen molar-refractivity contribution in [3.05, 3.63) is 59.7 Å². The lowest BCUT2D eigenvalue weighted by molar-refractivity contribution is 0.0694. The van der Waals surface area contributed by atoms with Gasteiger partial charge >= 0.3 is 5.97 Å². The van der Waals surface area contributed by atoms with E-state index in [0.29, 0.717) is 11.8 Å². The van der Waals surface area contributed by atoms with Gasteiger partial charge in [0, 0.05) is 16.5 Å². The number of pyridine rings is 1. The van der Waals surface area contributed by atoms with Crippen molar-refractivity contribution in [2.75, 3.05) is 0 Å². The Morgan fingerprint density at radius 1 is 1.08 bits per heavy atom. The van der Waals surface area contributed by atoms with Gasteiger partial charge in [-0.15, -0.1) is 0 Å². The number of fused-ring (bicyclic) bond motifs is 1. The molecule has 0 aliphatic carbocycles. The Hall–Kier alpha value is -3.10. The van der Waals surface area contributed by atoms with Crippen LogP contribution in [0.3, 0.4) is 0 Å². The monoisotopic (exact) mass is 357 g/mol. The predicted octanol–water partition coefficient (Wildman–Crippen LogP) is 2.66. The van der Waals surface area contributed by atoms with Crippen LogP contribution in [-0.4, -0.2) is 35.3 Å². The molecule has 0 unspecified atom stereocenters. The first-order valence-corrected chi connectivity index (χ1v) is 8.46. The average Bonchev–Trinajstić information content (AvgIpc) is 2.59. The van der Waals surface area contributed by atoms with E-state index in [2.05, 4.69) is 4.98 Å². The third kappa shape index (κ3) is 3.00. The van der Waals surface area contributed by atoms with E-state index in [1.54, 1.807) is 30.3 Å². The zero-order valence-electron chi connectivity index (χ0n) is 12.6. The minimum absolute atomic E-state index is 0.0298. The number of nitrogens with zero attached hydrogens (tertiary/aromatic N) is 1. The van der Waals surface area contributed by atoms with Crippen molar-refractivity contribution in [3.63, 3.8) is 0 Å². The Morgan fingerprint density at radius 3 is 2.32 bits per heavy atom. The van der Waals surface area contributed by atoms with Crippen LogP contribution in [0.1, 0.15) is 20.7 Å². The third-order valence-electron chi connectivity index (χ3n) is 3.67. The molecule has 2 aromatic carbocycles. The van der Waals surface area contributed by atoms with Crippen LogP contribution in [0.5, 0.6) is 0 Å². The summed E-state index contributed by atoms with van der Waals surface area (Å²) in [6.45, 7) is 0. The van der Waals surface area contributed by atoms with E-state index < -0.39 is 21.0 Å². The molecule has 0 atom stereocenters. The third-order valence-corrected chi connectivity index (χ3v) is 4.52. The SMILES string of the molecule is O=Cc1c(C(=O)O)c(-c2ccccc2)nc2ccc(S(=O)(=O)O)cc12. The molecule has 7 nitrogen and oxygen atoms in total. The first-order valence-electron chi connectivity index (χ1n) is 7.02. The van der Waals surface area contributed by atoms with Crippen molar-refractivity contribution in [2.45, 2.75) is 4.90 Å². The molecule has 126 valence electrons. The fourth-order valence-corrected chi connectivity index (χ4v) is 3.08. The highest BCUT2D eigenvalue weighted by Crippen LogP contribution is 2.30. The summed E-state index contributed by atoms with van der Waals surface area (Å²) < 4.78 is 31.8. The molecule has 0 spiro atoms. The molecule has 0 radical (unpaired) electrons. The number of carbonyl (C=O) groups excluding carboxylic acids is 1. The van der Waals surface area contributed by atoms with Gasteiger partial charge < -0.3 is 5.11 Å². The standard InChI is InChI=1S/C17H11NO6S/c19-9-13-12-8-11(25(22,23)24)6-7-14(12)18-16(15(13)17(20)21)10-4-2-1-3-5-10/h1-9H,(H,20,21)(H,22,23,24). The number of carbonyl (C=O) groups is 2. The summed E-state index contributed by atoms with van der Waals surface area (Å²) in [5.74, 6) is -1.37. The lowest BCUT2D eigenvalue weighted by Gasteiger charge is -2.12. The Balaban J connectivity index is 2.46. The van der Waals surface area contributed by atoms with E-state index in [-0.39, 0.29) is 27.7 Å². The van der Waals surface area contributed by atoms with Gasteiger partial charge in [-0.2, -0.15) is 8.42 Å². The highest BCUT2D eigenvalue weighted by atomic mass is 32.2. The van der Waals surface area contributed by atoms with Gasteiger partial charge in [0.05, 0.1) is 21.7 Å². The number of aromatic carboxylic acids is 1. The molecule has 0 amide bonds. The minimum Gasteiger partial charge on any atom is -0.478 e. The van der Waals surface area contributed by atoms with Gasteiger partial charge in [-0.3, -0.25) is 9.35 Å². The van der Waals surface area contributed by atoms with Crippen LogP contribution in [0, 0.1) is 0 Å². The summed E-state index contributed by atoms with van der Waals surface area (Å²) >= 11 is 0. The Morgan fingerprint density at radius 2 is 1.76 bits per heavy atom. The van der Waals surface area contributed by atoms with Crippen LogP contribution in [0.2, 0.25) is 0 Å². The maximum Gasteiger partial charge on any atom is 0.338 e. The Kier molecular flexibility index (Phi) is 4.07. The summed E-state index contributed by atoms with van der Waals surface area (Å²) in [6.07, 6.45) is 0.341. The van der Waals surface area contributed by atoms with Crippen LogP contribution in [0.4, 0.5) is 0 Å². The fraction of sp³-hybridized carbons (Fsp3) is 0. The van der Waals surface area contributed by atoms with Gasteiger partial charge in [-0.1, -0.05) is 30.3 Å². The first-order chi connectivity index (χ1) is 11.8. The second kappa shape index (κ2) is 6.08. The van der Waals surface area contributed by atoms with Crippen molar-refractivity contribution < 1.29 is 27.7 Å². The van der Waals surface area contributed by atoms with E-state index in [0.717, 1.165) is 12.1 Å². The van der Waals surface area contributed by atoms with Gasteiger partial charge in [0.25, 0.3) is 10.1 Å². The quantitative estimate of drug-likeness (QED) is 0.544. The first kappa shape index (κ1) is 16.7. The molecule has 0 bridgehead atoms. The van der Waals surface area contributed by atoms with Crippen LogP contribution in [0.25, 0.3) is 22.2 Å². The molecule has 8 heteroatoms. The molecule has 3 rings (SSSR count). The van der Waals surface area contributed by atoms with Crippen LogP contribution in [-0.2, 0) is 10.1 Å². The molecule has 0 saturated heterocycles. The summed E-state index contributed by atoms with van der Waals surface area (Å²) in [6, 6.07) is 11.9. The average molecular weight is 357 g/mol. The van der Waals surface area contributed by atoms with Crippen LogP contribution < -0.4 is 0 Å². The molecule has 0 aliphatic rings. The maximum atomic E-state index is 11.7. The van der Waals surface area contributed by atoms with E-state index in [9.17, 15) is 27.7 Å². The van der Waals surface area contributed by atoms with Crippen LogP contribution in [0.15, 0.2) is 53.4 Å². The molecule has 1 heterocycles. The summed E-state index contributed by atoms with van der Waals surface area (Å²) in [7, 11) is -4.51. The molecular weight excluding hydrogens is 346 g/mol. The fourth-order valence-electron chi connectivity index (χ4n) is 2.57. The highest BCUT2D eigenvalue weighted by Gasteiger charge is 2.22. The minimum atomic E-state index is -4.51. The van der Waals surface area contributed by atoms with Crippen molar-refractivity contribution in [1.82, 2.24) is 4.98 Å². The number of aldehydes is 1. The summed E-state index contributed by atoms with van der Waals surface area (Å²) in [5.41, 5.74) is 0.299. The predicted molar refractivity (Wildman–Crippen MR) is 89.3 cm³/mol. The van der Waals surface area contributed by atoms with Gasteiger partial charge in [0.1, 0.15) is 0 Å². The topological polar surface area (TPSA) is 122 Å². The summed E-state index contributed by atoms with van der Waals surface area (Å²) in [4.78, 5) is 27.2. The number of benzene rings is 2. The number of rotatable bonds is 4. The van der Waals surface area contributed by atoms with Crippen molar-refractivity contribution in [1.29, 1.82) is 0 Å². The number of hydrogen-bond donors (Lipinski definition) is 2. The molecule has 1 aromatic heterocycles. The molecular formula is C17H11NO6S. The molecule has 0 saturated carbocycles. The number of aromatic nitrogens is 1. The van der Waals surface area contributed by atoms with Crippen molar-refractivity contribution in [3.8, 4) is 11.3 Å². The van der Waals surface area contributed by atoms with Crippen molar-refractivity contribution >= 4 is 33.3 Å². The van der Waals surface area contributed by atoms with Crippen LogP contribution >= 0.6 is 0 Å². The lowest BCUT2D eigenvalue weighted by atomic mass is 9.97. The lowest BCUT2D eigenvalue weighted by Crippen LogP contribution is -2.08. The normalized spacial score (nSPS) is 11.4. The largest absolute Gasteiger partial charge is 0.478 e. The van der Waals surface area contributed by atoms with E-state index >= 15 is 0 Å². The number of hydrogen-bond acceptors (Lipinski definition) is 5. The van der Waals surface area contributed by atoms with E-state index in [4.69, 9.17) is 0 Å². The number of carboxylic acid groups (broad SMARTS) is 1. The molecule has 0 aliphatic heterocycles. The molecule has 0 fully saturated rings. The second-order valence-corrected chi connectivity index (χ2v) is 6.61. The zero-order chi connectivity index (χ0) is 18.2. The van der Waals surface area contributed by atoms with Crippen molar-refractivity contribution in [2.24, 2.45) is 0 Å². The van der Waals surface area contributed by atoms with E-state index in [1.165, 1.54) is 6.07 Å². The Labute approximate surface area is 142 Å². The molecule has 3 aromatic rings. The molecule has 25 heavy (non-hydrogen) atoms. The van der Waals surface area contributed by atoms with E-state index in [1.807, 2.05) is 0 Å². The van der Waals surface area contributed by atoms with Gasteiger partial charge in [0.2, 0.25) is 0 Å². The van der Waals surface area contributed by atoms with Gasteiger partial charge in [0.15, 0.2) is 6.29 Å². The Bertz CT molecular complexity index is 1110.